The number of rotatable bonds is 4. The molecule has 1 N–H and O–H groups in total. The van der Waals surface area contributed by atoms with Crippen LogP contribution in [-0.4, -0.2) is 47.4 Å². The molecule has 1 aromatic rings. The molecular weight excluding hydrogens is 357 g/mol. The topological polar surface area (TPSA) is 54.5 Å². The lowest BCUT2D eigenvalue weighted by Gasteiger charge is -2.34. The number of hydrogen-bond acceptors (Lipinski definition) is 4. The third kappa shape index (κ3) is 4.62. The van der Waals surface area contributed by atoms with E-state index in [1.54, 1.807) is 18.2 Å². The molecule has 2 heterocycles. The number of amides is 1. The Labute approximate surface area is 157 Å². The van der Waals surface area contributed by atoms with Gasteiger partial charge in [0.05, 0.1) is 5.38 Å². The van der Waals surface area contributed by atoms with Crippen LogP contribution < -0.4 is 10.1 Å². The van der Waals surface area contributed by atoms with E-state index in [1.807, 2.05) is 0 Å². The van der Waals surface area contributed by atoms with Gasteiger partial charge in [-0.3, -0.25) is 4.79 Å². The second-order valence-electron chi connectivity index (χ2n) is 6.91. The highest BCUT2D eigenvalue weighted by Crippen LogP contribution is 2.26. The zero-order chi connectivity index (χ0) is 18.7. The van der Waals surface area contributed by atoms with Gasteiger partial charge in [-0.2, -0.15) is 4.98 Å². The summed E-state index contributed by atoms with van der Waals surface area (Å²) in [6.07, 6.45) is 3.74. The third-order valence-corrected chi connectivity index (χ3v) is 5.07. The first-order valence-corrected chi connectivity index (χ1v) is 9.20. The van der Waals surface area contributed by atoms with Crippen LogP contribution in [0.15, 0.2) is 41.8 Å². The summed E-state index contributed by atoms with van der Waals surface area (Å²) in [6.45, 7) is 4.13. The number of likely N-dealkylation sites (tertiary alicyclic amines) is 1. The summed E-state index contributed by atoms with van der Waals surface area (Å²) in [5.74, 6) is 0.552. The van der Waals surface area contributed by atoms with Crippen molar-refractivity contribution in [1.29, 1.82) is 0 Å². The predicted molar refractivity (Wildman–Crippen MR) is 100 cm³/mol. The number of aromatic nitrogens is 1. The SMILES string of the molecule is C[C@H]1CN(C)CC[C@H]1Oc1cccc(NC(=O)C2=CC=C(F)CC2Cl)n1. The lowest BCUT2D eigenvalue weighted by atomic mass is 9.97. The van der Waals surface area contributed by atoms with E-state index in [1.165, 1.54) is 12.2 Å². The van der Waals surface area contributed by atoms with E-state index in [0.717, 1.165) is 19.5 Å². The van der Waals surface area contributed by atoms with Gasteiger partial charge in [-0.25, -0.2) is 4.39 Å². The number of pyridine rings is 1. The lowest BCUT2D eigenvalue weighted by molar-refractivity contribution is -0.113. The molecule has 7 heteroatoms. The molecular formula is C19H23ClFN3O2. The molecule has 1 aromatic heterocycles. The molecule has 0 spiro atoms. The van der Waals surface area contributed by atoms with Gasteiger partial charge < -0.3 is 15.0 Å². The first kappa shape index (κ1) is 18.9. The van der Waals surface area contributed by atoms with Crippen LogP contribution in [0.4, 0.5) is 10.2 Å². The van der Waals surface area contributed by atoms with E-state index in [0.29, 0.717) is 23.2 Å². The molecule has 1 amide bonds. The summed E-state index contributed by atoms with van der Waals surface area (Å²) < 4.78 is 19.2. The monoisotopic (exact) mass is 379 g/mol. The van der Waals surface area contributed by atoms with Crippen LogP contribution in [0, 0.1) is 5.92 Å². The Balaban J connectivity index is 1.65. The summed E-state index contributed by atoms with van der Waals surface area (Å²) >= 11 is 6.07. The number of anilines is 1. The summed E-state index contributed by atoms with van der Waals surface area (Å²) in [4.78, 5) is 19.0. The van der Waals surface area contributed by atoms with Crippen molar-refractivity contribution in [1.82, 2.24) is 9.88 Å². The van der Waals surface area contributed by atoms with Crippen LogP contribution in [-0.2, 0) is 4.79 Å². The van der Waals surface area contributed by atoms with Gasteiger partial charge in [0.2, 0.25) is 5.88 Å². The van der Waals surface area contributed by atoms with Crippen LogP contribution in [0.1, 0.15) is 19.8 Å². The van der Waals surface area contributed by atoms with Gasteiger partial charge in [0.1, 0.15) is 17.7 Å². The van der Waals surface area contributed by atoms with Crippen molar-refractivity contribution in [2.45, 2.75) is 31.2 Å². The fourth-order valence-corrected chi connectivity index (χ4v) is 3.57. The number of nitrogens with one attached hydrogen (secondary N) is 1. The fourth-order valence-electron chi connectivity index (χ4n) is 3.25. The molecule has 5 nitrogen and oxygen atoms in total. The molecule has 2 aliphatic rings. The smallest absolute Gasteiger partial charge is 0.254 e. The molecule has 1 saturated heterocycles. The van der Waals surface area contributed by atoms with Crippen molar-refractivity contribution in [2.24, 2.45) is 5.92 Å². The Hall–Kier alpha value is -1.92. The molecule has 0 saturated carbocycles. The zero-order valence-corrected chi connectivity index (χ0v) is 15.7. The third-order valence-electron chi connectivity index (χ3n) is 4.68. The maximum absolute atomic E-state index is 13.2. The molecule has 0 aromatic carbocycles. The number of halogens is 2. The van der Waals surface area contributed by atoms with Crippen molar-refractivity contribution >= 4 is 23.3 Å². The molecule has 1 aliphatic heterocycles. The number of piperidine rings is 1. The number of hydrogen-bond donors (Lipinski definition) is 1. The van der Waals surface area contributed by atoms with E-state index in [2.05, 4.69) is 29.2 Å². The summed E-state index contributed by atoms with van der Waals surface area (Å²) in [7, 11) is 2.10. The van der Waals surface area contributed by atoms with Crippen molar-refractivity contribution < 1.29 is 13.9 Å². The van der Waals surface area contributed by atoms with Crippen LogP contribution in [0.2, 0.25) is 0 Å². The van der Waals surface area contributed by atoms with E-state index in [9.17, 15) is 9.18 Å². The second kappa shape index (κ2) is 8.18. The zero-order valence-electron chi connectivity index (χ0n) is 14.9. The standard InChI is InChI=1S/C19H23ClFN3O2/c1-12-11-24(2)9-8-16(12)26-18-5-3-4-17(22-18)23-19(25)14-7-6-13(21)10-15(14)20/h3-7,12,15-16H,8-11H2,1-2H3,(H,22,23,25)/t12-,15?,16+/m0/s1. The Morgan fingerprint density at radius 3 is 2.96 bits per heavy atom. The first-order valence-electron chi connectivity index (χ1n) is 8.76. The molecule has 140 valence electrons. The number of nitrogens with zero attached hydrogens (tertiary/aromatic N) is 2. The maximum atomic E-state index is 13.2. The molecule has 1 unspecified atom stereocenters. The van der Waals surface area contributed by atoms with Crippen molar-refractivity contribution in [2.75, 3.05) is 25.5 Å². The van der Waals surface area contributed by atoms with Crippen LogP contribution in [0.25, 0.3) is 0 Å². The normalized spacial score (nSPS) is 26.7. The van der Waals surface area contributed by atoms with Crippen molar-refractivity contribution in [3.63, 3.8) is 0 Å². The molecule has 0 bridgehead atoms. The van der Waals surface area contributed by atoms with Gasteiger partial charge in [-0.05, 0) is 31.7 Å². The molecule has 26 heavy (non-hydrogen) atoms. The Morgan fingerprint density at radius 2 is 2.23 bits per heavy atom. The highest BCUT2D eigenvalue weighted by molar-refractivity contribution is 6.27. The van der Waals surface area contributed by atoms with Crippen molar-refractivity contribution in [3.8, 4) is 5.88 Å². The fraction of sp³-hybridized carbons (Fsp3) is 0.474. The molecule has 1 aliphatic carbocycles. The molecule has 3 rings (SSSR count). The first-order chi connectivity index (χ1) is 12.4. The number of alkyl halides is 1. The van der Waals surface area contributed by atoms with Gasteiger partial charge >= 0.3 is 0 Å². The predicted octanol–water partition coefficient (Wildman–Crippen LogP) is 3.53. The van der Waals surface area contributed by atoms with E-state index >= 15 is 0 Å². The second-order valence-corrected chi connectivity index (χ2v) is 7.43. The lowest BCUT2D eigenvalue weighted by Crippen LogP contribution is -2.42. The summed E-state index contributed by atoms with van der Waals surface area (Å²) in [5, 5.41) is 2.03. The van der Waals surface area contributed by atoms with E-state index < -0.39 is 5.38 Å². The quantitative estimate of drug-likeness (QED) is 0.813. The maximum Gasteiger partial charge on any atom is 0.254 e. The number of carbonyl (C=O) groups is 1. The summed E-state index contributed by atoms with van der Waals surface area (Å²) in [5.41, 5.74) is 0.324. The van der Waals surface area contributed by atoms with Gasteiger partial charge in [0.25, 0.3) is 5.91 Å². The summed E-state index contributed by atoms with van der Waals surface area (Å²) in [6, 6.07) is 5.25. The Morgan fingerprint density at radius 1 is 1.42 bits per heavy atom. The van der Waals surface area contributed by atoms with Crippen LogP contribution in [0.5, 0.6) is 5.88 Å². The number of carbonyl (C=O) groups excluding carboxylic acids is 1. The average Bonchev–Trinajstić information content (AvgIpc) is 2.57. The number of allylic oxidation sites excluding steroid dienone is 3. The van der Waals surface area contributed by atoms with Gasteiger partial charge in [0.15, 0.2) is 0 Å². The van der Waals surface area contributed by atoms with Crippen LogP contribution in [0.3, 0.4) is 0 Å². The largest absolute Gasteiger partial charge is 0.474 e. The average molecular weight is 380 g/mol. The van der Waals surface area contributed by atoms with Gasteiger partial charge in [-0.15, -0.1) is 11.6 Å². The molecule has 0 radical (unpaired) electrons. The highest BCUT2D eigenvalue weighted by Gasteiger charge is 2.26. The minimum absolute atomic E-state index is 0.0192. The molecule has 3 atom stereocenters. The van der Waals surface area contributed by atoms with Gasteiger partial charge in [0, 0.05) is 37.1 Å². The Bertz CT molecular complexity index is 737. The van der Waals surface area contributed by atoms with Gasteiger partial charge in [-0.1, -0.05) is 13.0 Å². The minimum Gasteiger partial charge on any atom is -0.474 e. The Kier molecular flexibility index (Phi) is 5.94. The highest BCUT2D eigenvalue weighted by atomic mass is 35.5. The minimum atomic E-state index is -0.681. The van der Waals surface area contributed by atoms with E-state index in [-0.39, 0.29) is 24.3 Å². The number of ether oxygens (including phenoxy) is 1. The van der Waals surface area contributed by atoms with Crippen LogP contribution >= 0.6 is 11.6 Å². The van der Waals surface area contributed by atoms with E-state index in [4.69, 9.17) is 16.3 Å². The molecule has 1 fully saturated rings. The van der Waals surface area contributed by atoms with Crippen molar-refractivity contribution in [3.05, 3.63) is 41.8 Å².